The third-order valence-electron chi connectivity index (χ3n) is 3.97. The molecule has 7 nitrogen and oxygen atoms in total. The number of aromatic nitrogens is 1. The highest BCUT2D eigenvalue weighted by Gasteiger charge is 2.24. The van der Waals surface area contributed by atoms with Crippen molar-refractivity contribution >= 4 is 28.8 Å². The maximum Gasteiger partial charge on any atom is 0.339 e. The van der Waals surface area contributed by atoms with Crippen LogP contribution in [0.25, 0.3) is 10.9 Å². The molecular formula is C17H17N3O4. The fraction of sp³-hybridized carbons (Fsp3) is 0.294. The monoisotopic (exact) mass is 327 g/mol. The quantitative estimate of drug-likeness (QED) is 0.829. The minimum atomic E-state index is -0.984. The van der Waals surface area contributed by atoms with Gasteiger partial charge in [0.25, 0.3) is 5.91 Å². The van der Waals surface area contributed by atoms with Crippen LogP contribution in [0.15, 0.2) is 24.3 Å². The van der Waals surface area contributed by atoms with E-state index in [0.29, 0.717) is 10.9 Å². The maximum absolute atomic E-state index is 12.6. The number of nitrogens with two attached hydrogens (primary N) is 1. The number of fused-ring (bicyclic) bond motifs is 2. The molecule has 0 saturated heterocycles. The number of para-hydroxylation sites is 1. The smallest absolute Gasteiger partial charge is 0.339 e. The van der Waals surface area contributed by atoms with E-state index in [4.69, 9.17) is 10.5 Å². The average Bonchev–Trinajstić information content (AvgIpc) is 2.57. The lowest BCUT2D eigenvalue weighted by Gasteiger charge is -2.19. The molecule has 0 radical (unpaired) electrons. The van der Waals surface area contributed by atoms with Gasteiger partial charge in [-0.2, -0.15) is 0 Å². The van der Waals surface area contributed by atoms with Crippen molar-refractivity contribution in [2.75, 3.05) is 6.61 Å². The number of ether oxygens (including phenoxy) is 1. The molecule has 1 aliphatic carbocycles. The van der Waals surface area contributed by atoms with Crippen LogP contribution in [0.3, 0.4) is 0 Å². The zero-order chi connectivity index (χ0) is 17.1. The van der Waals surface area contributed by atoms with Crippen molar-refractivity contribution < 1.29 is 19.1 Å². The number of rotatable bonds is 3. The van der Waals surface area contributed by atoms with Gasteiger partial charge in [0.05, 0.1) is 11.1 Å². The van der Waals surface area contributed by atoms with Crippen LogP contribution in [0.5, 0.6) is 0 Å². The molecule has 0 aliphatic heterocycles. The first-order valence-corrected chi connectivity index (χ1v) is 7.73. The number of urea groups is 1. The molecule has 1 heterocycles. The minimum absolute atomic E-state index is 0.460. The van der Waals surface area contributed by atoms with Crippen molar-refractivity contribution in [2.24, 2.45) is 5.73 Å². The summed E-state index contributed by atoms with van der Waals surface area (Å²) in [6.45, 7) is -0.562. The van der Waals surface area contributed by atoms with Gasteiger partial charge < -0.3 is 10.5 Å². The predicted molar refractivity (Wildman–Crippen MR) is 86.4 cm³/mol. The number of aryl methyl sites for hydroxylation is 1. The van der Waals surface area contributed by atoms with Crippen molar-refractivity contribution in [3.63, 3.8) is 0 Å². The van der Waals surface area contributed by atoms with Crippen LogP contribution in [-0.4, -0.2) is 29.5 Å². The van der Waals surface area contributed by atoms with Crippen molar-refractivity contribution in [3.05, 3.63) is 41.1 Å². The number of imide groups is 1. The average molecular weight is 327 g/mol. The largest absolute Gasteiger partial charge is 0.452 e. The molecule has 7 heteroatoms. The fourth-order valence-electron chi connectivity index (χ4n) is 2.98. The van der Waals surface area contributed by atoms with E-state index in [-0.39, 0.29) is 0 Å². The van der Waals surface area contributed by atoms with Gasteiger partial charge in [-0.1, -0.05) is 18.2 Å². The van der Waals surface area contributed by atoms with Gasteiger partial charge >= 0.3 is 12.0 Å². The van der Waals surface area contributed by atoms with E-state index in [1.807, 2.05) is 29.6 Å². The Hall–Kier alpha value is -2.96. The Morgan fingerprint density at radius 3 is 2.71 bits per heavy atom. The summed E-state index contributed by atoms with van der Waals surface area (Å²) in [5, 5.41) is 2.57. The third-order valence-corrected chi connectivity index (χ3v) is 3.97. The number of amides is 3. The molecule has 0 bridgehead atoms. The molecular weight excluding hydrogens is 310 g/mol. The number of primary amides is 1. The number of carbonyl (C=O) groups is 3. The van der Waals surface area contributed by atoms with E-state index in [1.165, 1.54) is 0 Å². The summed E-state index contributed by atoms with van der Waals surface area (Å²) < 4.78 is 5.08. The summed E-state index contributed by atoms with van der Waals surface area (Å²) in [5.74, 6) is -1.35. The first-order valence-electron chi connectivity index (χ1n) is 7.73. The summed E-state index contributed by atoms with van der Waals surface area (Å²) in [7, 11) is 0. The lowest BCUT2D eigenvalue weighted by Crippen LogP contribution is -2.37. The Labute approximate surface area is 138 Å². The van der Waals surface area contributed by atoms with Crippen LogP contribution in [-0.2, 0) is 22.4 Å². The van der Waals surface area contributed by atoms with E-state index >= 15 is 0 Å². The number of esters is 1. The van der Waals surface area contributed by atoms with E-state index in [0.717, 1.165) is 42.5 Å². The van der Waals surface area contributed by atoms with E-state index in [2.05, 4.69) is 4.98 Å². The second kappa shape index (κ2) is 6.66. The van der Waals surface area contributed by atoms with Gasteiger partial charge in [0.2, 0.25) is 0 Å². The van der Waals surface area contributed by atoms with Crippen LogP contribution >= 0.6 is 0 Å². The standard InChI is InChI=1S/C17H17N3O4/c18-17(23)20-14(21)9-24-16(22)15-10-5-1-3-7-12(10)19-13-8-4-2-6-11(13)15/h1,3,5,7H,2,4,6,8-9H2,(H3,18,20,21,23). The Morgan fingerprint density at radius 1 is 1.17 bits per heavy atom. The van der Waals surface area contributed by atoms with Crippen molar-refractivity contribution in [1.29, 1.82) is 0 Å². The summed E-state index contributed by atoms with van der Waals surface area (Å²) in [6.07, 6.45) is 3.59. The Morgan fingerprint density at radius 2 is 1.92 bits per heavy atom. The number of benzene rings is 1. The summed E-state index contributed by atoms with van der Waals surface area (Å²) in [5.41, 5.74) is 7.85. The summed E-state index contributed by atoms with van der Waals surface area (Å²) >= 11 is 0. The van der Waals surface area contributed by atoms with Gasteiger partial charge in [-0.05, 0) is 37.3 Å². The van der Waals surface area contributed by atoms with Gasteiger partial charge in [-0.3, -0.25) is 15.1 Å². The van der Waals surface area contributed by atoms with E-state index in [1.54, 1.807) is 0 Å². The molecule has 1 aliphatic rings. The molecule has 2 aromatic rings. The Kier molecular flexibility index (Phi) is 4.41. The van der Waals surface area contributed by atoms with Crippen LogP contribution in [0.2, 0.25) is 0 Å². The summed E-state index contributed by atoms with van der Waals surface area (Å²) in [4.78, 5) is 39.3. The van der Waals surface area contributed by atoms with Gasteiger partial charge in [0, 0.05) is 11.1 Å². The highest BCUT2D eigenvalue weighted by Crippen LogP contribution is 2.29. The summed E-state index contributed by atoms with van der Waals surface area (Å²) in [6, 6.07) is 6.37. The molecule has 0 spiro atoms. The lowest BCUT2D eigenvalue weighted by molar-refractivity contribution is -0.123. The van der Waals surface area contributed by atoms with Crippen molar-refractivity contribution in [3.8, 4) is 0 Å². The van der Waals surface area contributed by atoms with Crippen LogP contribution < -0.4 is 11.1 Å². The molecule has 0 saturated carbocycles. The molecule has 0 unspecified atom stereocenters. The van der Waals surface area contributed by atoms with E-state index < -0.39 is 24.5 Å². The zero-order valence-electron chi connectivity index (χ0n) is 13.0. The molecule has 0 fully saturated rings. The first kappa shape index (κ1) is 15.9. The molecule has 3 rings (SSSR count). The number of hydrogen-bond acceptors (Lipinski definition) is 5. The number of nitrogens with one attached hydrogen (secondary N) is 1. The number of pyridine rings is 1. The molecule has 1 aromatic heterocycles. The Balaban J connectivity index is 1.93. The molecule has 24 heavy (non-hydrogen) atoms. The van der Waals surface area contributed by atoms with Gasteiger partial charge in [-0.25, -0.2) is 9.59 Å². The lowest BCUT2D eigenvalue weighted by atomic mass is 9.90. The Bertz CT molecular complexity index is 832. The van der Waals surface area contributed by atoms with Gasteiger partial charge in [-0.15, -0.1) is 0 Å². The molecule has 124 valence electrons. The SMILES string of the molecule is NC(=O)NC(=O)COC(=O)c1c2c(nc3ccccc13)CCCC2. The van der Waals surface area contributed by atoms with Crippen LogP contribution in [0, 0.1) is 0 Å². The molecule has 3 amide bonds. The third kappa shape index (κ3) is 3.19. The maximum atomic E-state index is 12.6. The van der Waals surface area contributed by atoms with E-state index in [9.17, 15) is 14.4 Å². The second-order valence-electron chi connectivity index (χ2n) is 5.62. The number of carbonyl (C=O) groups excluding carboxylic acids is 3. The normalized spacial score (nSPS) is 13.2. The second-order valence-corrected chi connectivity index (χ2v) is 5.62. The fourth-order valence-corrected chi connectivity index (χ4v) is 2.98. The predicted octanol–water partition coefficient (Wildman–Crippen LogP) is 1.47. The van der Waals surface area contributed by atoms with Crippen molar-refractivity contribution in [2.45, 2.75) is 25.7 Å². The molecule has 0 atom stereocenters. The van der Waals surface area contributed by atoms with Gasteiger partial charge in [0.15, 0.2) is 6.61 Å². The van der Waals surface area contributed by atoms with Crippen LogP contribution in [0.4, 0.5) is 4.79 Å². The number of nitrogens with zero attached hydrogens (tertiary/aromatic N) is 1. The highest BCUT2D eigenvalue weighted by molar-refractivity contribution is 6.06. The highest BCUT2D eigenvalue weighted by atomic mass is 16.5. The number of hydrogen-bond donors (Lipinski definition) is 2. The molecule has 3 N–H and O–H groups in total. The topological polar surface area (TPSA) is 111 Å². The molecule has 1 aromatic carbocycles. The van der Waals surface area contributed by atoms with Gasteiger partial charge in [0.1, 0.15) is 0 Å². The van der Waals surface area contributed by atoms with Crippen LogP contribution in [0.1, 0.15) is 34.5 Å². The minimum Gasteiger partial charge on any atom is -0.452 e. The zero-order valence-corrected chi connectivity index (χ0v) is 13.0. The first-order chi connectivity index (χ1) is 11.6. The van der Waals surface area contributed by atoms with Crippen molar-refractivity contribution in [1.82, 2.24) is 10.3 Å².